The second-order valence-corrected chi connectivity index (χ2v) is 5.97. The number of hydrogen-bond donors (Lipinski definition) is 1. The maximum Gasteiger partial charge on any atom is 0.422 e. The van der Waals surface area contributed by atoms with Crippen LogP contribution >= 0.6 is 0 Å². The molecule has 0 amide bonds. The lowest BCUT2D eigenvalue weighted by atomic mass is 10.1. The van der Waals surface area contributed by atoms with Crippen molar-refractivity contribution in [1.82, 2.24) is 5.32 Å². The lowest BCUT2D eigenvalue weighted by Gasteiger charge is -2.19. The molecule has 0 spiro atoms. The molecule has 0 heterocycles. The number of alkyl halides is 3. The average Bonchev–Trinajstić information content (AvgIpc) is 2.56. The molecule has 0 saturated carbocycles. The molecular weight excluding hydrogens is 331 g/mol. The molecule has 0 aromatic carbocycles. The molecule has 142 valence electrons. The number of nitrogens with one attached hydrogen (secondary N) is 1. The van der Waals surface area contributed by atoms with Crippen LogP contribution in [0.3, 0.4) is 0 Å². The molecule has 1 aliphatic rings. The summed E-state index contributed by atoms with van der Waals surface area (Å²) < 4.78 is 47.2. The summed E-state index contributed by atoms with van der Waals surface area (Å²) in [7, 11) is 0. The van der Waals surface area contributed by atoms with Crippen LogP contribution in [-0.2, 0) is 9.47 Å². The number of rotatable bonds is 11. The van der Waals surface area contributed by atoms with Crippen LogP contribution in [0, 0.1) is 0 Å². The minimum absolute atomic E-state index is 0.181. The fourth-order valence-corrected chi connectivity index (χ4v) is 2.22. The lowest BCUT2D eigenvalue weighted by molar-refractivity contribution is -0.165. The van der Waals surface area contributed by atoms with E-state index in [0.29, 0.717) is 25.3 Å². The molecule has 6 heteroatoms. The fraction of sp³-hybridized carbons (Fsp3) is 0.579. The van der Waals surface area contributed by atoms with Gasteiger partial charge < -0.3 is 14.8 Å². The van der Waals surface area contributed by atoms with Gasteiger partial charge in [-0.3, -0.25) is 0 Å². The fourth-order valence-electron chi connectivity index (χ4n) is 2.22. The van der Waals surface area contributed by atoms with Crippen molar-refractivity contribution >= 4 is 0 Å². The van der Waals surface area contributed by atoms with E-state index >= 15 is 0 Å². The molecule has 0 aliphatic heterocycles. The normalized spacial score (nSPS) is 15.5. The Morgan fingerprint density at radius 1 is 1.20 bits per heavy atom. The molecule has 0 aromatic heterocycles. The topological polar surface area (TPSA) is 30.5 Å². The van der Waals surface area contributed by atoms with E-state index in [1.165, 1.54) is 5.57 Å². The number of ether oxygens (including phenoxy) is 2. The second-order valence-electron chi connectivity index (χ2n) is 5.97. The van der Waals surface area contributed by atoms with Crippen LogP contribution in [0.2, 0.25) is 0 Å². The summed E-state index contributed by atoms with van der Waals surface area (Å²) in [4.78, 5) is 0. The Labute approximate surface area is 148 Å². The van der Waals surface area contributed by atoms with Gasteiger partial charge >= 0.3 is 6.18 Å². The zero-order valence-electron chi connectivity index (χ0n) is 15.0. The maximum absolute atomic E-state index is 12.3. The van der Waals surface area contributed by atoms with E-state index in [-0.39, 0.29) is 5.76 Å². The highest BCUT2D eigenvalue weighted by molar-refractivity contribution is 5.23. The molecule has 25 heavy (non-hydrogen) atoms. The third-order valence-electron chi connectivity index (χ3n) is 3.60. The quantitative estimate of drug-likeness (QED) is 0.414. The molecule has 0 bridgehead atoms. The zero-order chi connectivity index (χ0) is 18.7. The first-order chi connectivity index (χ1) is 11.8. The SMILES string of the molecule is C=C(/C=C(\C)CCNCCOC1=CCCC=C1OCC(F)(F)F)CC. The van der Waals surface area contributed by atoms with Crippen molar-refractivity contribution in [2.75, 3.05) is 26.3 Å². The van der Waals surface area contributed by atoms with Crippen LogP contribution < -0.4 is 5.32 Å². The van der Waals surface area contributed by atoms with Gasteiger partial charge in [0.25, 0.3) is 0 Å². The Morgan fingerprint density at radius 2 is 1.84 bits per heavy atom. The van der Waals surface area contributed by atoms with Crippen molar-refractivity contribution < 1.29 is 22.6 Å². The predicted molar refractivity (Wildman–Crippen MR) is 94.0 cm³/mol. The molecule has 0 aromatic rings. The van der Waals surface area contributed by atoms with E-state index in [4.69, 9.17) is 9.47 Å². The maximum atomic E-state index is 12.3. The van der Waals surface area contributed by atoms with E-state index in [1.54, 1.807) is 12.2 Å². The summed E-state index contributed by atoms with van der Waals surface area (Å²) >= 11 is 0. The summed E-state index contributed by atoms with van der Waals surface area (Å²) in [6.45, 7) is 8.60. The summed E-state index contributed by atoms with van der Waals surface area (Å²) in [6, 6.07) is 0. The van der Waals surface area contributed by atoms with E-state index in [0.717, 1.165) is 31.4 Å². The van der Waals surface area contributed by atoms with E-state index in [2.05, 4.69) is 31.8 Å². The summed E-state index contributed by atoms with van der Waals surface area (Å²) in [5, 5.41) is 3.26. The van der Waals surface area contributed by atoms with Gasteiger partial charge in [-0.2, -0.15) is 13.2 Å². The van der Waals surface area contributed by atoms with Gasteiger partial charge in [-0.15, -0.1) is 0 Å². The number of allylic oxidation sites excluding steroid dienone is 4. The molecule has 0 radical (unpaired) electrons. The van der Waals surface area contributed by atoms with Gasteiger partial charge in [-0.25, -0.2) is 0 Å². The molecule has 0 unspecified atom stereocenters. The first-order valence-corrected chi connectivity index (χ1v) is 8.60. The Hall–Kier alpha value is -1.69. The van der Waals surface area contributed by atoms with Gasteiger partial charge in [0.05, 0.1) is 0 Å². The van der Waals surface area contributed by atoms with Crippen LogP contribution in [0.15, 0.2) is 47.5 Å². The van der Waals surface area contributed by atoms with Crippen molar-refractivity contribution in [2.24, 2.45) is 0 Å². The smallest absolute Gasteiger partial charge is 0.422 e. The lowest BCUT2D eigenvalue weighted by Crippen LogP contribution is -2.22. The van der Waals surface area contributed by atoms with Crippen LogP contribution in [0.5, 0.6) is 0 Å². The third-order valence-corrected chi connectivity index (χ3v) is 3.60. The molecule has 1 N–H and O–H groups in total. The Morgan fingerprint density at radius 3 is 2.44 bits per heavy atom. The van der Waals surface area contributed by atoms with Gasteiger partial charge in [-0.1, -0.05) is 30.7 Å². The predicted octanol–water partition coefficient (Wildman–Crippen LogP) is 5.04. The molecular formula is C19H28F3NO2. The van der Waals surface area contributed by atoms with Gasteiger partial charge in [0.15, 0.2) is 18.1 Å². The van der Waals surface area contributed by atoms with Crippen molar-refractivity contribution in [3.63, 3.8) is 0 Å². The minimum Gasteiger partial charge on any atom is -0.489 e. The van der Waals surface area contributed by atoms with Gasteiger partial charge in [0, 0.05) is 6.54 Å². The standard InChI is InChI=1S/C19H28F3NO2/c1-4-15(2)13-16(3)9-10-23-11-12-24-17-7-5-6-8-18(17)25-14-19(20,21)22/h7-8,13,23H,2,4-6,9-12,14H2,1,3H3/b16-13+. The van der Waals surface area contributed by atoms with Crippen molar-refractivity contribution in [2.45, 2.75) is 45.7 Å². The van der Waals surface area contributed by atoms with Gasteiger partial charge in [-0.05, 0) is 51.3 Å². The van der Waals surface area contributed by atoms with Crippen LogP contribution in [0.1, 0.15) is 39.5 Å². The van der Waals surface area contributed by atoms with Crippen LogP contribution in [0.4, 0.5) is 13.2 Å². The van der Waals surface area contributed by atoms with E-state index < -0.39 is 12.8 Å². The molecule has 0 atom stereocenters. The van der Waals surface area contributed by atoms with Crippen molar-refractivity contribution in [3.05, 3.63) is 47.5 Å². The first-order valence-electron chi connectivity index (χ1n) is 8.60. The number of halogens is 3. The summed E-state index contributed by atoms with van der Waals surface area (Å²) in [6.07, 6.45) is 4.43. The van der Waals surface area contributed by atoms with Crippen LogP contribution in [-0.4, -0.2) is 32.5 Å². The largest absolute Gasteiger partial charge is 0.489 e. The third kappa shape index (κ3) is 10.0. The second kappa shape index (κ2) is 11.0. The highest BCUT2D eigenvalue weighted by atomic mass is 19.4. The molecule has 0 fully saturated rings. The highest BCUT2D eigenvalue weighted by Gasteiger charge is 2.29. The Kier molecular flexibility index (Phi) is 9.42. The Balaban J connectivity index is 2.24. The minimum atomic E-state index is -4.35. The van der Waals surface area contributed by atoms with E-state index in [9.17, 15) is 13.2 Å². The molecule has 0 saturated heterocycles. The van der Waals surface area contributed by atoms with E-state index in [1.807, 2.05) is 0 Å². The summed E-state index contributed by atoms with van der Waals surface area (Å²) in [5.41, 5.74) is 2.38. The highest BCUT2D eigenvalue weighted by Crippen LogP contribution is 2.24. The molecule has 1 aliphatic carbocycles. The molecule has 3 nitrogen and oxygen atoms in total. The van der Waals surface area contributed by atoms with Crippen LogP contribution in [0.25, 0.3) is 0 Å². The van der Waals surface area contributed by atoms with Crippen molar-refractivity contribution in [1.29, 1.82) is 0 Å². The van der Waals surface area contributed by atoms with Crippen molar-refractivity contribution in [3.8, 4) is 0 Å². The monoisotopic (exact) mass is 359 g/mol. The Bertz CT molecular complexity index is 519. The first kappa shape index (κ1) is 21.4. The zero-order valence-corrected chi connectivity index (χ0v) is 15.0. The summed E-state index contributed by atoms with van der Waals surface area (Å²) in [5.74, 6) is 0.577. The van der Waals surface area contributed by atoms with Gasteiger partial charge in [0.2, 0.25) is 0 Å². The average molecular weight is 359 g/mol. The molecule has 1 rings (SSSR count). The number of hydrogen-bond acceptors (Lipinski definition) is 3. The van der Waals surface area contributed by atoms with Gasteiger partial charge in [0.1, 0.15) is 6.61 Å².